The van der Waals surface area contributed by atoms with E-state index in [1.54, 1.807) is 43.3 Å². The van der Waals surface area contributed by atoms with E-state index >= 15 is 0 Å². The van der Waals surface area contributed by atoms with Gasteiger partial charge in [0.15, 0.2) is 17.0 Å². The van der Waals surface area contributed by atoms with Gasteiger partial charge in [-0.05, 0) is 30.7 Å². The van der Waals surface area contributed by atoms with Gasteiger partial charge in [-0.2, -0.15) is 0 Å². The number of carbonyl (C=O) groups excluding carboxylic acids is 3. The summed E-state index contributed by atoms with van der Waals surface area (Å²) >= 11 is 4.91. The van der Waals surface area contributed by atoms with Crippen molar-refractivity contribution in [2.45, 2.75) is 17.7 Å². The van der Waals surface area contributed by atoms with Crippen LogP contribution in [0.2, 0.25) is 0 Å². The topological polar surface area (TPSA) is 60.4 Å². The molecule has 4 rings (SSSR count). The highest BCUT2D eigenvalue weighted by molar-refractivity contribution is 9.10. The number of thioether (sulfide) groups is 1. The maximum atomic E-state index is 14.0. The zero-order valence-corrected chi connectivity index (χ0v) is 19.8. The number of Topliss-reactive ketones (excluding diaryl/α,β-unsaturated/α-hetero) is 2. The van der Waals surface area contributed by atoms with Crippen molar-refractivity contribution in [2.75, 3.05) is 12.4 Å². The first-order valence-corrected chi connectivity index (χ1v) is 12.1. The summed E-state index contributed by atoms with van der Waals surface area (Å²) in [4.78, 5) is 42.4. The van der Waals surface area contributed by atoms with Gasteiger partial charge in [-0.25, -0.2) is 0 Å². The molecule has 0 spiro atoms. The number of esters is 1. The second-order valence-electron chi connectivity index (χ2n) is 7.49. The summed E-state index contributed by atoms with van der Waals surface area (Å²) in [6, 6.07) is 23.5. The summed E-state index contributed by atoms with van der Waals surface area (Å²) in [6.07, 6.45) is 0. The van der Waals surface area contributed by atoms with E-state index in [0.717, 1.165) is 4.90 Å². The molecule has 3 aromatic rings. The SMILES string of the molecule is CCOC(=O)[C@]1(CSc2ccccc2)C(=O)c2ccccc2C(=O)[C@H]1c1ccccc1Br. The van der Waals surface area contributed by atoms with Gasteiger partial charge in [0.25, 0.3) is 0 Å². The minimum atomic E-state index is -1.69. The molecule has 162 valence electrons. The Balaban J connectivity index is 1.95. The lowest BCUT2D eigenvalue weighted by atomic mass is 9.61. The fraction of sp³-hybridized carbons (Fsp3) is 0.192. The maximum Gasteiger partial charge on any atom is 0.321 e. The monoisotopic (exact) mass is 508 g/mol. The summed E-state index contributed by atoms with van der Waals surface area (Å²) in [7, 11) is 0. The number of ketones is 2. The summed E-state index contributed by atoms with van der Waals surface area (Å²) in [6.45, 7) is 1.81. The lowest BCUT2D eigenvalue weighted by molar-refractivity contribution is -0.151. The van der Waals surface area contributed by atoms with Gasteiger partial charge in [0, 0.05) is 26.2 Å². The van der Waals surface area contributed by atoms with Gasteiger partial charge in [-0.15, -0.1) is 11.8 Å². The number of fused-ring (bicyclic) bond motifs is 1. The van der Waals surface area contributed by atoms with E-state index in [1.165, 1.54) is 11.8 Å². The first kappa shape index (κ1) is 22.5. The molecular weight excluding hydrogens is 488 g/mol. The van der Waals surface area contributed by atoms with Crippen LogP contribution in [0.15, 0.2) is 88.2 Å². The number of ether oxygens (including phenoxy) is 1. The minimum absolute atomic E-state index is 0.0841. The molecule has 3 aromatic carbocycles. The normalized spacial score (nSPS) is 20.0. The fourth-order valence-corrected chi connectivity index (χ4v) is 5.83. The molecule has 0 fully saturated rings. The molecule has 0 saturated heterocycles. The van der Waals surface area contributed by atoms with Crippen molar-refractivity contribution >= 4 is 45.2 Å². The van der Waals surface area contributed by atoms with E-state index in [9.17, 15) is 14.4 Å². The third kappa shape index (κ3) is 3.82. The summed E-state index contributed by atoms with van der Waals surface area (Å²) in [5.74, 6) is -2.22. The van der Waals surface area contributed by atoms with Gasteiger partial charge in [0.05, 0.1) is 12.5 Å². The van der Waals surface area contributed by atoms with Gasteiger partial charge in [0.2, 0.25) is 0 Å². The molecule has 0 N–H and O–H groups in total. The molecular formula is C26H21BrO4S. The summed E-state index contributed by atoms with van der Waals surface area (Å²) < 4.78 is 6.13. The van der Waals surface area contributed by atoms with Crippen molar-refractivity contribution in [3.8, 4) is 0 Å². The quantitative estimate of drug-likeness (QED) is 0.233. The van der Waals surface area contributed by atoms with Crippen LogP contribution in [-0.4, -0.2) is 29.9 Å². The standard InChI is InChI=1S/C26H21BrO4S/c1-2-31-25(30)26(16-32-17-10-4-3-5-11-17)22(20-14-8-9-15-21(20)27)23(28)18-12-6-7-13-19(18)24(26)29/h3-15,22H,2,16H2,1H3/t22-,26+/m1/s1. The Kier molecular flexibility index (Phi) is 6.63. The molecule has 0 amide bonds. The van der Waals surface area contributed by atoms with Crippen molar-refractivity contribution in [3.05, 3.63) is 100 Å². The lowest BCUT2D eigenvalue weighted by Crippen LogP contribution is -2.53. The zero-order chi connectivity index (χ0) is 22.7. The van der Waals surface area contributed by atoms with Crippen molar-refractivity contribution in [2.24, 2.45) is 5.41 Å². The Bertz CT molecular complexity index is 1180. The van der Waals surface area contributed by atoms with E-state index in [2.05, 4.69) is 15.9 Å². The number of hydrogen-bond donors (Lipinski definition) is 0. The fourth-order valence-electron chi connectivity index (χ4n) is 4.15. The molecule has 0 bridgehead atoms. The predicted molar refractivity (Wildman–Crippen MR) is 128 cm³/mol. The number of carbonyl (C=O) groups is 3. The average molecular weight is 509 g/mol. The molecule has 4 nitrogen and oxygen atoms in total. The molecule has 0 aromatic heterocycles. The molecule has 2 atom stereocenters. The Labute approximate surface area is 199 Å². The Hall–Kier alpha value is -2.70. The molecule has 32 heavy (non-hydrogen) atoms. The largest absolute Gasteiger partial charge is 0.465 e. The number of halogens is 1. The van der Waals surface area contributed by atoms with Crippen molar-refractivity contribution < 1.29 is 19.1 Å². The summed E-state index contributed by atoms with van der Waals surface area (Å²) in [5, 5.41) is 0. The van der Waals surface area contributed by atoms with Crippen molar-refractivity contribution in [1.29, 1.82) is 0 Å². The highest BCUT2D eigenvalue weighted by atomic mass is 79.9. The Morgan fingerprint density at radius 2 is 1.56 bits per heavy atom. The van der Waals surface area contributed by atoms with Crippen LogP contribution in [0, 0.1) is 5.41 Å². The zero-order valence-electron chi connectivity index (χ0n) is 17.4. The van der Waals surface area contributed by atoms with E-state index in [1.807, 2.05) is 42.5 Å². The van der Waals surface area contributed by atoms with E-state index in [0.29, 0.717) is 15.6 Å². The van der Waals surface area contributed by atoms with Crippen LogP contribution in [0.1, 0.15) is 39.1 Å². The molecule has 1 aliphatic carbocycles. The highest BCUT2D eigenvalue weighted by Gasteiger charge is 2.60. The first-order chi connectivity index (χ1) is 15.5. The van der Waals surface area contributed by atoms with Crippen molar-refractivity contribution in [1.82, 2.24) is 0 Å². The van der Waals surface area contributed by atoms with Crippen LogP contribution >= 0.6 is 27.7 Å². The van der Waals surface area contributed by atoms with E-state index in [4.69, 9.17) is 4.74 Å². The summed E-state index contributed by atoms with van der Waals surface area (Å²) in [5.41, 5.74) is -0.487. The van der Waals surface area contributed by atoms with Crippen LogP contribution in [0.5, 0.6) is 0 Å². The average Bonchev–Trinajstić information content (AvgIpc) is 2.82. The maximum absolute atomic E-state index is 14.0. The van der Waals surface area contributed by atoms with Gasteiger partial charge >= 0.3 is 5.97 Å². The lowest BCUT2D eigenvalue weighted by Gasteiger charge is -2.40. The Morgan fingerprint density at radius 3 is 2.25 bits per heavy atom. The molecule has 0 aliphatic heterocycles. The van der Waals surface area contributed by atoms with Crippen LogP contribution in [0.25, 0.3) is 0 Å². The number of hydrogen-bond acceptors (Lipinski definition) is 5. The molecule has 0 saturated carbocycles. The van der Waals surface area contributed by atoms with Crippen LogP contribution < -0.4 is 0 Å². The van der Waals surface area contributed by atoms with Gasteiger partial charge in [-0.1, -0.05) is 76.6 Å². The number of benzene rings is 3. The third-order valence-electron chi connectivity index (χ3n) is 5.66. The first-order valence-electron chi connectivity index (χ1n) is 10.3. The molecule has 6 heteroatoms. The minimum Gasteiger partial charge on any atom is -0.465 e. The van der Waals surface area contributed by atoms with Crippen LogP contribution in [0.4, 0.5) is 0 Å². The molecule has 0 radical (unpaired) electrons. The van der Waals surface area contributed by atoms with Gasteiger partial charge in [-0.3, -0.25) is 14.4 Å². The Morgan fingerprint density at radius 1 is 0.938 bits per heavy atom. The van der Waals surface area contributed by atoms with Crippen LogP contribution in [-0.2, 0) is 9.53 Å². The second-order valence-corrected chi connectivity index (χ2v) is 9.39. The highest BCUT2D eigenvalue weighted by Crippen LogP contribution is 2.50. The predicted octanol–water partition coefficient (Wildman–Crippen LogP) is 5.95. The van der Waals surface area contributed by atoms with Gasteiger partial charge < -0.3 is 4.74 Å². The molecule has 0 heterocycles. The second kappa shape index (κ2) is 9.43. The smallest absolute Gasteiger partial charge is 0.321 e. The number of rotatable bonds is 6. The van der Waals surface area contributed by atoms with E-state index in [-0.39, 0.29) is 29.5 Å². The van der Waals surface area contributed by atoms with Crippen molar-refractivity contribution in [3.63, 3.8) is 0 Å². The van der Waals surface area contributed by atoms with E-state index < -0.39 is 17.3 Å². The molecule has 1 aliphatic rings. The third-order valence-corrected chi connectivity index (χ3v) is 7.59. The molecule has 0 unspecified atom stereocenters. The van der Waals surface area contributed by atoms with Crippen LogP contribution in [0.3, 0.4) is 0 Å². The van der Waals surface area contributed by atoms with Gasteiger partial charge in [0.1, 0.15) is 0 Å².